The molecule has 0 aliphatic carbocycles. The summed E-state index contributed by atoms with van der Waals surface area (Å²) in [5.74, 6) is 0.769. The fraction of sp³-hybridized carbons (Fsp3) is 0.190. The van der Waals surface area contributed by atoms with Gasteiger partial charge in [0.25, 0.3) is 11.8 Å². The van der Waals surface area contributed by atoms with Crippen LogP contribution in [-0.2, 0) is 17.9 Å². The molecule has 2 N–H and O–H groups in total. The summed E-state index contributed by atoms with van der Waals surface area (Å²) in [6.07, 6.45) is 0. The van der Waals surface area contributed by atoms with Crippen LogP contribution < -0.4 is 20.1 Å². The molecule has 0 unspecified atom stereocenters. The van der Waals surface area contributed by atoms with Crippen molar-refractivity contribution in [3.63, 3.8) is 0 Å². The number of carbonyl (C=O) groups is 2. The van der Waals surface area contributed by atoms with Gasteiger partial charge in [0.2, 0.25) is 0 Å². The van der Waals surface area contributed by atoms with Crippen molar-refractivity contribution in [3.05, 3.63) is 74.6 Å². The summed E-state index contributed by atoms with van der Waals surface area (Å²) in [6, 6.07) is 14.7. The van der Waals surface area contributed by atoms with Crippen LogP contribution in [0.15, 0.2) is 58.4 Å². The lowest BCUT2D eigenvalue weighted by atomic mass is 10.2. The van der Waals surface area contributed by atoms with Crippen LogP contribution in [0.2, 0.25) is 0 Å². The summed E-state index contributed by atoms with van der Waals surface area (Å²) in [6.45, 7) is 0.464. The summed E-state index contributed by atoms with van der Waals surface area (Å²) < 4.78 is 11.6. The minimum absolute atomic E-state index is 0.0980. The molecule has 0 aliphatic rings. The Balaban J connectivity index is 1.44. The van der Waals surface area contributed by atoms with Crippen molar-refractivity contribution in [2.45, 2.75) is 13.1 Å². The van der Waals surface area contributed by atoms with E-state index in [4.69, 9.17) is 9.47 Å². The molecular formula is C21H20BrN3O4S. The molecule has 0 bridgehead atoms. The van der Waals surface area contributed by atoms with Gasteiger partial charge < -0.3 is 20.1 Å². The first kappa shape index (κ1) is 21.8. The predicted molar refractivity (Wildman–Crippen MR) is 118 cm³/mol. The Labute approximate surface area is 186 Å². The molecule has 3 aromatic rings. The molecule has 1 aromatic heterocycles. The fourth-order valence-electron chi connectivity index (χ4n) is 2.52. The fourth-order valence-corrected chi connectivity index (χ4v) is 3.49. The number of rotatable bonds is 9. The van der Waals surface area contributed by atoms with Crippen LogP contribution in [0, 0.1) is 0 Å². The zero-order valence-electron chi connectivity index (χ0n) is 16.2. The topological polar surface area (TPSA) is 89.6 Å². The smallest absolute Gasteiger partial charge is 0.271 e. The zero-order valence-corrected chi connectivity index (χ0v) is 18.6. The highest BCUT2D eigenvalue weighted by atomic mass is 79.9. The highest BCUT2D eigenvalue weighted by Crippen LogP contribution is 2.18. The minimum Gasteiger partial charge on any atom is -0.496 e. The molecule has 0 saturated carbocycles. The number of amides is 2. The molecule has 7 nitrogen and oxygen atoms in total. The van der Waals surface area contributed by atoms with Crippen molar-refractivity contribution in [3.8, 4) is 11.5 Å². The van der Waals surface area contributed by atoms with Crippen molar-refractivity contribution in [1.29, 1.82) is 0 Å². The standard InChI is InChI=1S/C21H20BrN3O4S/c1-28-18-5-3-2-4-14(18)10-24-21(27)17-13-30-20(25-17)11-23-19(26)12-29-16-8-6-15(22)7-9-16/h2-9,13H,10-12H2,1H3,(H,23,26)(H,24,27). The van der Waals surface area contributed by atoms with Gasteiger partial charge in [0, 0.05) is 22.0 Å². The average Bonchev–Trinajstić information content (AvgIpc) is 3.25. The molecule has 0 atom stereocenters. The lowest BCUT2D eigenvalue weighted by molar-refractivity contribution is -0.123. The highest BCUT2D eigenvalue weighted by Gasteiger charge is 2.12. The molecule has 156 valence electrons. The van der Waals surface area contributed by atoms with E-state index in [-0.39, 0.29) is 25.0 Å². The first-order valence-electron chi connectivity index (χ1n) is 9.04. The minimum atomic E-state index is -0.284. The van der Waals surface area contributed by atoms with E-state index in [9.17, 15) is 9.59 Å². The molecule has 1 heterocycles. The normalized spacial score (nSPS) is 10.3. The maximum absolute atomic E-state index is 12.3. The molecule has 30 heavy (non-hydrogen) atoms. The summed E-state index contributed by atoms with van der Waals surface area (Å²) in [7, 11) is 1.59. The van der Waals surface area contributed by atoms with E-state index < -0.39 is 0 Å². The van der Waals surface area contributed by atoms with Crippen LogP contribution in [0.1, 0.15) is 21.1 Å². The van der Waals surface area contributed by atoms with Crippen LogP contribution in [-0.4, -0.2) is 30.5 Å². The van der Waals surface area contributed by atoms with Crippen molar-refractivity contribution >= 4 is 39.1 Å². The van der Waals surface area contributed by atoms with Gasteiger partial charge in [-0.25, -0.2) is 4.98 Å². The molecule has 2 amide bonds. The van der Waals surface area contributed by atoms with Crippen LogP contribution >= 0.6 is 27.3 Å². The van der Waals surface area contributed by atoms with Crippen LogP contribution in [0.4, 0.5) is 0 Å². The second-order valence-electron chi connectivity index (χ2n) is 6.14. The lowest BCUT2D eigenvalue weighted by Crippen LogP contribution is -2.28. The van der Waals surface area contributed by atoms with E-state index in [0.717, 1.165) is 10.0 Å². The largest absolute Gasteiger partial charge is 0.496 e. The number of ether oxygens (including phenoxy) is 2. The van der Waals surface area contributed by atoms with Crippen molar-refractivity contribution in [2.24, 2.45) is 0 Å². The van der Waals surface area contributed by atoms with Gasteiger partial charge in [0.15, 0.2) is 6.61 Å². The van der Waals surface area contributed by atoms with Crippen molar-refractivity contribution in [1.82, 2.24) is 15.6 Å². The number of carbonyl (C=O) groups excluding carboxylic acids is 2. The van der Waals surface area contributed by atoms with Gasteiger partial charge in [0.05, 0.1) is 13.7 Å². The Hall–Kier alpha value is -2.91. The Morgan fingerprint density at radius 1 is 1.07 bits per heavy atom. The highest BCUT2D eigenvalue weighted by molar-refractivity contribution is 9.10. The van der Waals surface area contributed by atoms with Gasteiger partial charge in [-0.2, -0.15) is 0 Å². The number of hydrogen-bond donors (Lipinski definition) is 2. The summed E-state index contributed by atoms with van der Waals surface area (Å²) in [4.78, 5) is 28.6. The van der Waals surface area contributed by atoms with Crippen molar-refractivity contribution in [2.75, 3.05) is 13.7 Å². The molecule has 0 fully saturated rings. The summed E-state index contributed by atoms with van der Waals surface area (Å²) in [5, 5.41) is 7.86. The SMILES string of the molecule is COc1ccccc1CNC(=O)c1csc(CNC(=O)COc2ccc(Br)cc2)n1. The Kier molecular flexibility index (Phi) is 7.81. The molecule has 0 saturated heterocycles. The second kappa shape index (κ2) is 10.7. The number of halogens is 1. The number of benzene rings is 2. The monoisotopic (exact) mass is 489 g/mol. The molecule has 2 aromatic carbocycles. The van der Waals surface area contributed by atoms with E-state index in [1.54, 1.807) is 24.6 Å². The Bertz CT molecular complexity index is 1010. The number of methoxy groups -OCH3 is 1. The third-order valence-corrected chi connectivity index (χ3v) is 5.41. The lowest BCUT2D eigenvalue weighted by Gasteiger charge is -2.08. The van der Waals surface area contributed by atoms with E-state index in [1.165, 1.54) is 11.3 Å². The first-order chi connectivity index (χ1) is 14.5. The van der Waals surface area contributed by atoms with Crippen LogP contribution in [0.5, 0.6) is 11.5 Å². The summed E-state index contributed by atoms with van der Waals surface area (Å²) >= 11 is 4.65. The molecule has 3 rings (SSSR count). The van der Waals surface area contributed by atoms with Gasteiger partial charge in [-0.3, -0.25) is 9.59 Å². The number of nitrogens with zero attached hydrogens (tertiary/aromatic N) is 1. The van der Waals surface area contributed by atoms with Gasteiger partial charge in [-0.05, 0) is 30.3 Å². The number of nitrogens with one attached hydrogen (secondary N) is 2. The molecule has 0 radical (unpaired) electrons. The predicted octanol–water partition coefficient (Wildman–Crippen LogP) is 3.54. The average molecular weight is 490 g/mol. The third kappa shape index (κ3) is 6.30. The maximum Gasteiger partial charge on any atom is 0.271 e. The Morgan fingerprint density at radius 3 is 2.60 bits per heavy atom. The molecule has 9 heteroatoms. The number of thiazole rings is 1. The zero-order chi connectivity index (χ0) is 21.3. The Morgan fingerprint density at radius 2 is 1.83 bits per heavy atom. The van der Waals surface area contributed by atoms with Crippen LogP contribution in [0.25, 0.3) is 0 Å². The van der Waals surface area contributed by atoms with Gasteiger partial charge in [-0.15, -0.1) is 11.3 Å². The molecule has 0 spiro atoms. The third-order valence-electron chi connectivity index (χ3n) is 4.04. The van der Waals surface area contributed by atoms with Gasteiger partial charge in [0.1, 0.15) is 22.2 Å². The number of hydrogen-bond acceptors (Lipinski definition) is 6. The van der Waals surface area contributed by atoms with Gasteiger partial charge >= 0.3 is 0 Å². The van der Waals surface area contributed by atoms with E-state index in [0.29, 0.717) is 28.7 Å². The van der Waals surface area contributed by atoms with Crippen molar-refractivity contribution < 1.29 is 19.1 Å². The van der Waals surface area contributed by atoms with E-state index in [1.807, 2.05) is 36.4 Å². The van der Waals surface area contributed by atoms with Crippen LogP contribution in [0.3, 0.4) is 0 Å². The van der Waals surface area contributed by atoms with E-state index in [2.05, 4.69) is 31.5 Å². The maximum atomic E-state index is 12.3. The quantitative estimate of drug-likeness (QED) is 0.479. The number of aromatic nitrogens is 1. The second-order valence-corrected chi connectivity index (χ2v) is 8.00. The first-order valence-corrected chi connectivity index (χ1v) is 10.7. The van der Waals surface area contributed by atoms with E-state index >= 15 is 0 Å². The molecular weight excluding hydrogens is 470 g/mol. The number of para-hydroxylation sites is 1. The molecule has 0 aliphatic heterocycles. The summed E-state index contributed by atoms with van der Waals surface area (Å²) in [5.41, 5.74) is 1.19. The van der Waals surface area contributed by atoms with Gasteiger partial charge in [-0.1, -0.05) is 34.1 Å².